The minimum absolute atomic E-state index is 0.383. The Bertz CT molecular complexity index is 246. The van der Waals surface area contributed by atoms with Crippen LogP contribution in [0.1, 0.15) is 48.0 Å². The molecule has 100 valence electrons. The topological polar surface area (TPSA) is 0 Å². The molecule has 0 aliphatic rings. The van der Waals surface area contributed by atoms with Gasteiger partial charge in [-0.3, -0.25) is 0 Å². The molecule has 0 aliphatic heterocycles. The first kappa shape index (κ1) is 17.7. The number of rotatable bonds is 5. The van der Waals surface area contributed by atoms with Gasteiger partial charge in [0.1, 0.15) is 0 Å². The Kier molecular flexibility index (Phi) is 7.06. The van der Waals surface area contributed by atoms with Crippen LogP contribution in [0.5, 0.6) is 0 Å². The van der Waals surface area contributed by atoms with Crippen LogP contribution in [0.4, 0.5) is 0 Å². The van der Waals surface area contributed by atoms with Gasteiger partial charge < -0.3 is 0 Å². The van der Waals surface area contributed by atoms with Gasteiger partial charge in [0.2, 0.25) is 0 Å². The summed E-state index contributed by atoms with van der Waals surface area (Å²) in [5, 5.41) is 0. The van der Waals surface area contributed by atoms with Crippen LogP contribution < -0.4 is 0 Å². The van der Waals surface area contributed by atoms with Crippen LogP contribution in [-0.4, -0.2) is 27.9 Å². The average Bonchev–Trinajstić information content (AvgIpc) is 2.13. The first-order valence-electron chi connectivity index (χ1n) is 7.33. The summed E-state index contributed by atoms with van der Waals surface area (Å²) in [5.74, 6) is 0. The van der Waals surface area contributed by atoms with E-state index in [4.69, 9.17) is 0 Å². The summed E-state index contributed by atoms with van der Waals surface area (Å²) in [4.78, 5) is 0. The Labute approximate surface area is 115 Å². The molecule has 0 amide bonds. The molecule has 0 unspecified atom stereocenters. The zero-order chi connectivity index (χ0) is 13.9. The molecule has 0 saturated carbocycles. The molecule has 0 nitrogen and oxygen atoms in total. The van der Waals surface area contributed by atoms with Crippen molar-refractivity contribution in [2.45, 2.75) is 74.1 Å². The van der Waals surface area contributed by atoms with E-state index in [0.29, 0.717) is 5.41 Å². The van der Waals surface area contributed by atoms with Crippen molar-refractivity contribution in [1.82, 2.24) is 0 Å². The van der Waals surface area contributed by atoms with E-state index in [1.807, 2.05) is 8.60 Å². The third-order valence-corrected chi connectivity index (χ3v) is 13.7. The van der Waals surface area contributed by atoms with E-state index in [1.165, 1.54) is 19.1 Å². The van der Waals surface area contributed by atoms with Crippen molar-refractivity contribution in [3.63, 3.8) is 0 Å². The van der Waals surface area contributed by atoms with Crippen molar-refractivity contribution in [3.8, 4) is 0 Å². The van der Waals surface area contributed by atoms with Gasteiger partial charge >= 0.3 is 116 Å². The monoisotopic (exact) mass is 432 g/mol. The Morgan fingerprint density at radius 2 is 1.35 bits per heavy atom. The van der Waals surface area contributed by atoms with E-state index in [0.717, 1.165) is 6.71 Å². The molecule has 0 N–H and O–H groups in total. The molecule has 0 bridgehead atoms. The third kappa shape index (κ3) is 5.08. The number of hydrogen-bond acceptors (Lipinski definition) is 0. The molecule has 0 radical (unpaired) electrons. The van der Waals surface area contributed by atoms with Gasteiger partial charge in [-0.25, -0.2) is 0 Å². The van der Waals surface area contributed by atoms with E-state index in [9.17, 15) is 0 Å². The summed E-state index contributed by atoms with van der Waals surface area (Å²) >= 11 is -2.13. The Morgan fingerprint density at radius 1 is 0.941 bits per heavy atom. The molecule has 0 saturated heterocycles. The Morgan fingerprint density at radius 3 is 1.53 bits per heavy atom. The molecule has 0 aromatic heterocycles. The SMILES string of the molecule is CCB(CC)/C(CC)=[C](/C(C)(C)C)[Pb]([CH3])([CH3])[CH3]. The van der Waals surface area contributed by atoms with E-state index < -0.39 is 21.2 Å². The molecule has 0 aromatic carbocycles. The first-order valence-corrected chi connectivity index (χ1v) is 20.9. The maximum absolute atomic E-state index is 2.59. The summed E-state index contributed by atoms with van der Waals surface area (Å²) < 4.78 is 9.67. The second-order valence-corrected chi connectivity index (χ2v) is 26.7. The zero-order valence-corrected chi connectivity index (χ0v) is 17.6. The molecule has 0 heterocycles. The quantitative estimate of drug-likeness (QED) is 0.491. The Balaban J connectivity index is 5.79. The van der Waals surface area contributed by atoms with E-state index >= 15 is 0 Å². The second-order valence-electron chi connectivity index (χ2n) is 7.27. The van der Waals surface area contributed by atoms with E-state index in [1.54, 1.807) is 0 Å². The van der Waals surface area contributed by atoms with Crippen LogP contribution in [0.15, 0.2) is 8.60 Å². The molecule has 0 rings (SSSR count). The molecule has 0 fully saturated rings. The van der Waals surface area contributed by atoms with Gasteiger partial charge in [-0.2, -0.15) is 0 Å². The van der Waals surface area contributed by atoms with Crippen molar-refractivity contribution < 1.29 is 0 Å². The zero-order valence-electron chi connectivity index (χ0n) is 13.7. The second kappa shape index (κ2) is 6.77. The fourth-order valence-electron chi connectivity index (χ4n) is 3.54. The first-order chi connectivity index (χ1) is 7.59. The van der Waals surface area contributed by atoms with Gasteiger partial charge in [-0.1, -0.05) is 0 Å². The van der Waals surface area contributed by atoms with Crippen LogP contribution in [-0.2, 0) is 0 Å². The van der Waals surface area contributed by atoms with E-state index in [-0.39, 0.29) is 0 Å². The van der Waals surface area contributed by atoms with Gasteiger partial charge in [0.25, 0.3) is 0 Å². The molecule has 2 heteroatoms. The van der Waals surface area contributed by atoms with Gasteiger partial charge in [0, 0.05) is 0 Å². The van der Waals surface area contributed by atoms with Crippen LogP contribution in [0, 0.1) is 5.41 Å². The number of hydrogen-bond donors (Lipinski definition) is 0. The molecule has 0 atom stereocenters. The molecule has 0 aromatic rings. The fraction of sp³-hybridized carbons (Fsp3) is 0.867. The van der Waals surface area contributed by atoms with Crippen molar-refractivity contribution in [1.29, 1.82) is 0 Å². The predicted molar refractivity (Wildman–Crippen MR) is 86.8 cm³/mol. The van der Waals surface area contributed by atoms with Gasteiger partial charge in [-0.05, 0) is 0 Å². The van der Waals surface area contributed by atoms with Crippen LogP contribution in [0.25, 0.3) is 0 Å². The minimum atomic E-state index is -2.13. The normalized spacial score (nSPS) is 14.6. The molecule has 0 aliphatic carbocycles. The maximum atomic E-state index is 2.59. The van der Waals surface area contributed by atoms with Crippen molar-refractivity contribution in [3.05, 3.63) is 8.60 Å². The van der Waals surface area contributed by atoms with Gasteiger partial charge in [0.05, 0.1) is 0 Å². The van der Waals surface area contributed by atoms with Crippen molar-refractivity contribution in [2.75, 3.05) is 0 Å². The standard InChI is InChI=1S/C12H24B.3CH3.Pb/c1-7-11(10-12(4,5)6)13(8-2)9-3;;;;/h7-9H2,1-6H3;3*1H3;. The summed E-state index contributed by atoms with van der Waals surface area (Å²) in [6.07, 6.45) is 3.88. The molecular weight excluding hydrogens is 398 g/mol. The van der Waals surface area contributed by atoms with Gasteiger partial charge in [-0.15, -0.1) is 0 Å². The average molecular weight is 431 g/mol. The Hall–Kier alpha value is 0.727. The fourth-order valence-corrected chi connectivity index (χ4v) is 17.5. The van der Waals surface area contributed by atoms with Crippen molar-refractivity contribution in [2.24, 2.45) is 5.41 Å². The molecule has 0 spiro atoms. The molecular formula is C15H33BPb. The summed E-state index contributed by atoms with van der Waals surface area (Å²) in [6, 6.07) is 0. The van der Waals surface area contributed by atoms with Gasteiger partial charge in [0.15, 0.2) is 0 Å². The summed E-state index contributed by atoms with van der Waals surface area (Å²) in [5.41, 5.74) is 2.20. The summed E-state index contributed by atoms with van der Waals surface area (Å²) in [6.45, 7) is 15.2. The number of allylic oxidation sites excluding steroid dienone is 2. The summed E-state index contributed by atoms with van der Waals surface area (Å²) in [7, 11) is 0. The third-order valence-electron chi connectivity index (χ3n) is 3.68. The predicted octanol–water partition coefficient (Wildman–Crippen LogP) is 5.69. The van der Waals surface area contributed by atoms with E-state index in [2.05, 4.69) is 55.0 Å². The van der Waals surface area contributed by atoms with Crippen LogP contribution >= 0.6 is 0 Å². The van der Waals surface area contributed by atoms with Crippen LogP contribution in [0.2, 0.25) is 26.1 Å². The van der Waals surface area contributed by atoms with Crippen LogP contribution in [0.3, 0.4) is 0 Å². The molecule has 17 heavy (non-hydrogen) atoms. The van der Waals surface area contributed by atoms with Crippen molar-refractivity contribution >= 4 is 27.9 Å².